The van der Waals surface area contributed by atoms with E-state index in [1.165, 1.54) is 36.8 Å². The van der Waals surface area contributed by atoms with E-state index in [0.29, 0.717) is 0 Å². The van der Waals surface area contributed by atoms with Gasteiger partial charge in [0.1, 0.15) is 12.2 Å². The number of ether oxygens (including phenoxy) is 2. The number of hydrogen-bond acceptors (Lipinski definition) is 4. The van der Waals surface area contributed by atoms with Gasteiger partial charge in [0.05, 0.1) is 0 Å². The average molecular weight is 601 g/mol. The molecule has 0 aliphatic carbocycles. The van der Waals surface area contributed by atoms with Gasteiger partial charge in [0.25, 0.3) is 0 Å². The van der Waals surface area contributed by atoms with Gasteiger partial charge in [0.15, 0.2) is 0 Å². The van der Waals surface area contributed by atoms with Gasteiger partial charge in [-0.3, -0.25) is 0 Å². The molecule has 2 atom stereocenters. The van der Waals surface area contributed by atoms with Crippen LogP contribution in [-0.4, -0.2) is 24.1 Å². The van der Waals surface area contributed by atoms with Gasteiger partial charge in [-0.15, -0.1) is 0 Å². The van der Waals surface area contributed by atoms with Crippen molar-refractivity contribution in [1.29, 1.82) is 0 Å². The molecule has 1 aliphatic rings. The van der Waals surface area contributed by atoms with Crippen molar-refractivity contribution in [2.45, 2.75) is 141 Å². The third-order valence-electron chi connectivity index (χ3n) is 8.56. The maximum Gasteiger partial charge on any atom is 0.330 e. The molecule has 0 radical (unpaired) electrons. The molecule has 0 saturated carbocycles. The number of carbonyl (C=O) groups is 2. The summed E-state index contributed by atoms with van der Waals surface area (Å²) in [5.41, 5.74) is 2.58. The Morgan fingerprint density at radius 2 is 0.841 bits per heavy atom. The summed E-state index contributed by atoms with van der Waals surface area (Å²) in [6, 6.07) is 20.9. The molecule has 0 N–H and O–H groups in total. The maximum absolute atomic E-state index is 12.6. The van der Waals surface area contributed by atoms with Gasteiger partial charge >= 0.3 is 11.9 Å². The van der Waals surface area contributed by atoms with Crippen LogP contribution in [0, 0.1) is 0 Å². The van der Waals surface area contributed by atoms with Crippen LogP contribution >= 0.6 is 0 Å². The first kappa shape index (κ1) is 35.3. The Labute approximate surface area is 267 Å². The van der Waals surface area contributed by atoms with Crippen LogP contribution in [0.5, 0.6) is 0 Å². The first-order chi connectivity index (χ1) is 21.7. The maximum atomic E-state index is 12.6. The summed E-state index contributed by atoms with van der Waals surface area (Å²) in [6.45, 7) is 0. The van der Waals surface area contributed by atoms with Crippen molar-refractivity contribution in [2.24, 2.45) is 0 Å². The highest BCUT2D eigenvalue weighted by Crippen LogP contribution is 2.18. The smallest absolute Gasteiger partial charge is 0.330 e. The number of cyclic esters (lactones) is 2. The van der Waals surface area contributed by atoms with E-state index in [1.54, 1.807) is 12.2 Å². The van der Waals surface area contributed by atoms with Crippen LogP contribution in [0.4, 0.5) is 0 Å². The Bertz CT molecular complexity index is 988. The highest BCUT2D eigenvalue weighted by Gasteiger charge is 2.14. The Kier molecular flexibility index (Phi) is 18.7. The molecule has 2 aromatic rings. The number of benzene rings is 2. The van der Waals surface area contributed by atoms with Crippen molar-refractivity contribution in [2.75, 3.05) is 0 Å². The molecular weight excluding hydrogens is 544 g/mol. The first-order valence-electron chi connectivity index (χ1n) is 17.5. The molecule has 0 amide bonds. The summed E-state index contributed by atoms with van der Waals surface area (Å²) in [6.07, 6.45) is 28.2. The van der Waals surface area contributed by atoms with Crippen LogP contribution < -0.4 is 0 Å². The molecule has 0 fully saturated rings. The molecule has 240 valence electrons. The van der Waals surface area contributed by atoms with E-state index in [9.17, 15) is 9.59 Å². The van der Waals surface area contributed by atoms with Crippen molar-refractivity contribution in [3.05, 3.63) is 96.1 Å². The van der Waals surface area contributed by atoms with Crippen LogP contribution in [0.1, 0.15) is 127 Å². The summed E-state index contributed by atoms with van der Waals surface area (Å²) < 4.78 is 11.8. The summed E-state index contributed by atoms with van der Waals surface area (Å²) >= 11 is 0. The lowest BCUT2D eigenvalue weighted by Gasteiger charge is -2.17. The molecule has 0 spiro atoms. The van der Waals surface area contributed by atoms with Gasteiger partial charge in [-0.25, -0.2) is 9.59 Å². The fraction of sp³-hybridized carbons (Fsp3) is 0.550. The molecule has 4 nitrogen and oxygen atoms in total. The van der Waals surface area contributed by atoms with E-state index in [1.807, 2.05) is 24.3 Å². The molecular formula is C40H56O4. The highest BCUT2D eigenvalue weighted by atomic mass is 16.5. The minimum Gasteiger partial charge on any atom is -0.459 e. The average Bonchev–Trinajstić information content (AvgIpc) is 3.04. The number of esters is 2. The highest BCUT2D eigenvalue weighted by molar-refractivity contribution is 5.82. The Hall–Kier alpha value is -3.14. The van der Waals surface area contributed by atoms with Crippen LogP contribution in [0.25, 0.3) is 0 Å². The van der Waals surface area contributed by atoms with E-state index in [2.05, 4.69) is 48.5 Å². The lowest BCUT2D eigenvalue weighted by atomic mass is 10.0. The molecule has 2 aromatic carbocycles. The van der Waals surface area contributed by atoms with Gasteiger partial charge in [0.2, 0.25) is 0 Å². The molecule has 0 saturated heterocycles. The minimum absolute atomic E-state index is 0.0336. The van der Waals surface area contributed by atoms with Crippen molar-refractivity contribution in [1.82, 2.24) is 0 Å². The minimum atomic E-state index is -0.194. The molecule has 1 aliphatic heterocycles. The van der Waals surface area contributed by atoms with Crippen LogP contribution in [0.3, 0.4) is 0 Å². The Morgan fingerprint density at radius 1 is 0.477 bits per heavy atom. The predicted octanol–water partition coefficient (Wildman–Crippen LogP) is 10.4. The standard InChI is InChI=1S/C40H56O4/c41-39-29-21-11-7-3-1-5-9-19-27-37(33-31-35-23-15-13-16-24-35)43-40(42)30-22-12-8-4-2-6-10-20-28-38(44-39)34-32-36-25-17-14-18-26-36/h13-18,21-26,29-30,37-38H,1-12,19-20,27-28,31-34H2/b29-21+,30-22+/t37-,38-/m0/s1. The predicted molar refractivity (Wildman–Crippen MR) is 181 cm³/mol. The van der Waals surface area contributed by atoms with Crippen LogP contribution in [0.2, 0.25) is 0 Å². The Morgan fingerprint density at radius 3 is 1.25 bits per heavy atom. The van der Waals surface area contributed by atoms with E-state index in [-0.39, 0.29) is 24.1 Å². The molecule has 44 heavy (non-hydrogen) atoms. The Balaban J connectivity index is 1.46. The fourth-order valence-electron chi connectivity index (χ4n) is 5.92. The van der Waals surface area contributed by atoms with Crippen LogP contribution in [0.15, 0.2) is 85.0 Å². The third kappa shape index (κ3) is 17.2. The second-order valence-electron chi connectivity index (χ2n) is 12.4. The lowest BCUT2D eigenvalue weighted by molar-refractivity contribution is -0.144. The summed E-state index contributed by atoms with van der Waals surface area (Å²) in [5, 5.41) is 0. The molecule has 4 heteroatoms. The number of allylic oxidation sites excluding steroid dienone is 2. The number of carbonyl (C=O) groups excluding carboxylic acids is 2. The van der Waals surface area contributed by atoms with Crippen molar-refractivity contribution < 1.29 is 19.1 Å². The van der Waals surface area contributed by atoms with Gasteiger partial charge in [-0.2, -0.15) is 0 Å². The zero-order valence-corrected chi connectivity index (χ0v) is 27.0. The third-order valence-corrected chi connectivity index (χ3v) is 8.56. The SMILES string of the molecule is O=C1/C=C/CCCCCCCC[C@@H](CCc2ccccc2)OC(=O)/C=C/CCCCCCCC[C@@H](CCc2ccccc2)O1. The number of hydrogen-bond donors (Lipinski definition) is 0. The lowest BCUT2D eigenvalue weighted by Crippen LogP contribution is -2.18. The summed E-state index contributed by atoms with van der Waals surface area (Å²) in [7, 11) is 0. The zero-order chi connectivity index (χ0) is 30.9. The molecule has 0 bridgehead atoms. The largest absolute Gasteiger partial charge is 0.459 e. The van der Waals surface area contributed by atoms with E-state index < -0.39 is 0 Å². The van der Waals surface area contributed by atoms with E-state index >= 15 is 0 Å². The van der Waals surface area contributed by atoms with Gasteiger partial charge < -0.3 is 9.47 Å². The second-order valence-corrected chi connectivity index (χ2v) is 12.4. The molecule has 0 unspecified atom stereocenters. The molecule has 3 rings (SSSR count). The topological polar surface area (TPSA) is 52.6 Å². The normalized spacial score (nSPS) is 22.7. The van der Waals surface area contributed by atoms with Gasteiger partial charge in [-0.1, -0.05) is 124 Å². The zero-order valence-electron chi connectivity index (χ0n) is 27.0. The van der Waals surface area contributed by atoms with Gasteiger partial charge in [-0.05, 0) is 88.2 Å². The first-order valence-corrected chi connectivity index (χ1v) is 17.5. The number of aryl methyl sites for hydroxylation is 2. The summed E-state index contributed by atoms with van der Waals surface area (Å²) in [4.78, 5) is 25.2. The summed E-state index contributed by atoms with van der Waals surface area (Å²) in [5.74, 6) is -0.389. The van der Waals surface area contributed by atoms with E-state index in [4.69, 9.17) is 9.47 Å². The van der Waals surface area contributed by atoms with Crippen molar-refractivity contribution in [3.63, 3.8) is 0 Å². The quantitative estimate of drug-likeness (QED) is 0.310. The van der Waals surface area contributed by atoms with Gasteiger partial charge in [0, 0.05) is 12.2 Å². The van der Waals surface area contributed by atoms with Crippen molar-refractivity contribution >= 4 is 11.9 Å². The monoisotopic (exact) mass is 600 g/mol. The second kappa shape index (κ2) is 23.3. The fourth-order valence-corrected chi connectivity index (χ4v) is 5.92. The van der Waals surface area contributed by atoms with E-state index in [0.717, 1.165) is 103 Å². The molecule has 0 aromatic heterocycles. The van der Waals surface area contributed by atoms with Crippen LogP contribution in [-0.2, 0) is 31.9 Å². The van der Waals surface area contributed by atoms with Crippen molar-refractivity contribution in [3.8, 4) is 0 Å². The molecule has 1 heterocycles. The number of rotatable bonds is 6.